The van der Waals surface area contributed by atoms with Crippen molar-refractivity contribution in [3.8, 4) is 0 Å². The number of hydrogen-bond acceptors (Lipinski definition) is 5. The van der Waals surface area contributed by atoms with Gasteiger partial charge in [0.15, 0.2) is 0 Å². The summed E-state index contributed by atoms with van der Waals surface area (Å²) < 4.78 is 27.4. The number of allylic oxidation sites excluding steroid dienone is 1. The molecule has 3 aromatic rings. The lowest BCUT2D eigenvalue weighted by molar-refractivity contribution is -0.305. The first-order chi connectivity index (χ1) is 15.8. The summed E-state index contributed by atoms with van der Waals surface area (Å²) in [5.74, 6) is -1.05. The minimum atomic E-state index is -3.59. The van der Waals surface area contributed by atoms with Crippen LogP contribution in [0.4, 0.5) is 0 Å². The molecule has 0 radical (unpaired) electrons. The molecule has 2 aromatic carbocycles. The lowest BCUT2D eigenvalue weighted by Gasteiger charge is -2.11. The van der Waals surface area contributed by atoms with E-state index in [2.05, 4.69) is 9.71 Å². The second-order valence-corrected chi connectivity index (χ2v) is 9.63. The van der Waals surface area contributed by atoms with Crippen LogP contribution >= 0.6 is 11.6 Å². The van der Waals surface area contributed by atoms with E-state index in [0.717, 1.165) is 22.3 Å². The summed E-state index contributed by atoms with van der Waals surface area (Å²) in [6.07, 6.45) is 7.13. The minimum Gasteiger partial charge on any atom is -0.550 e. The van der Waals surface area contributed by atoms with E-state index in [1.54, 1.807) is 24.5 Å². The Morgan fingerprint density at radius 1 is 1.03 bits per heavy atom. The number of aromatic nitrogens is 1. The third-order valence-corrected chi connectivity index (χ3v) is 6.73. The average molecular weight is 484 g/mol. The normalized spacial score (nSPS) is 12.0. The Morgan fingerprint density at radius 2 is 1.76 bits per heavy atom. The minimum absolute atomic E-state index is 0.0156. The lowest BCUT2D eigenvalue weighted by atomic mass is 9.96. The highest BCUT2D eigenvalue weighted by Gasteiger charge is 2.13. The second kappa shape index (κ2) is 11.7. The molecule has 6 nitrogen and oxygen atoms in total. The van der Waals surface area contributed by atoms with Crippen molar-refractivity contribution in [2.45, 2.75) is 30.6 Å². The van der Waals surface area contributed by atoms with Crippen molar-refractivity contribution in [2.75, 3.05) is 6.54 Å². The molecule has 0 bridgehead atoms. The van der Waals surface area contributed by atoms with Crippen molar-refractivity contribution in [2.24, 2.45) is 0 Å². The van der Waals surface area contributed by atoms with Crippen LogP contribution in [0.2, 0.25) is 5.02 Å². The predicted octanol–water partition coefficient (Wildman–Crippen LogP) is 3.61. The molecule has 0 aliphatic carbocycles. The monoisotopic (exact) mass is 483 g/mol. The number of carboxylic acids is 1. The van der Waals surface area contributed by atoms with Crippen LogP contribution in [0.3, 0.4) is 0 Å². The molecule has 0 fully saturated rings. The summed E-state index contributed by atoms with van der Waals surface area (Å²) in [7, 11) is -3.59. The Morgan fingerprint density at radius 3 is 2.39 bits per heavy atom. The highest BCUT2D eigenvalue weighted by Crippen LogP contribution is 2.24. The van der Waals surface area contributed by atoms with Gasteiger partial charge in [0.25, 0.3) is 0 Å². The van der Waals surface area contributed by atoms with E-state index < -0.39 is 16.0 Å². The van der Waals surface area contributed by atoms with Gasteiger partial charge in [-0.25, -0.2) is 13.1 Å². The quantitative estimate of drug-likeness (QED) is 0.420. The number of nitrogens with one attached hydrogen (secondary N) is 1. The average Bonchev–Trinajstić information content (AvgIpc) is 2.80. The van der Waals surface area contributed by atoms with Gasteiger partial charge in [-0.05, 0) is 72.7 Å². The number of sulfonamides is 1. The summed E-state index contributed by atoms with van der Waals surface area (Å²) in [5.41, 5.74) is 3.87. The number of rotatable bonds is 11. The molecule has 33 heavy (non-hydrogen) atoms. The maximum absolute atomic E-state index is 12.4. The van der Waals surface area contributed by atoms with Crippen molar-refractivity contribution in [3.05, 3.63) is 101 Å². The third-order valence-electron chi connectivity index (χ3n) is 5.00. The standard InChI is InChI=1S/C25H25ClN2O4S/c26-22-11-13-23(14-12-22)33(31,32)28-17-15-19-7-9-20(10-8-19)24(5-1-2-6-25(29)30)21-4-3-16-27-18-21/h3-5,7-14,16,18,28H,1-2,6,15,17H2,(H,29,30)/p-1/b24-5+. The molecule has 0 amide bonds. The van der Waals surface area contributed by atoms with Gasteiger partial charge >= 0.3 is 0 Å². The number of aliphatic carboxylic acids is 1. The first-order valence-corrected chi connectivity index (χ1v) is 12.4. The van der Waals surface area contributed by atoms with Crippen molar-refractivity contribution in [3.63, 3.8) is 0 Å². The van der Waals surface area contributed by atoms with Gasteiger partial charge in [0, 0.05) is 35.5 Å². The van der Waals surface area contributed by atoms with Gasteiger partial charge in [-0.3, -0.25) is 4.98 Å². The van der Waals surface area contributed by atoms with Crippen LogP contribution in [0.1, 0.15) is 36.0 Å². The number of carboxylic acid groups (broad SMARTS) is 1. The molecular formula is C25H24ClN2O4S-. The molecule has 0 atom stereocenters. The number of hydrogen-bond donors (Lipinski definition) is 1. The molecule has 0 unspecified atom stereocenters. The van der Waals surface area contributed by atoms with E-state index in [9.17, 15) is 18.3 Å². The Hall–Kier alpha value is -3.00. The number of carbonyl (C=O) groups is 1. The summed E-state index contributed by atoms with van der Waals surface area (Å²) in [6, 6.07) is 17.7. The van der Waals surface area contributed by atoms with Gasteiger partial charge in [0.05, 0.1) is 4.90 Å². The molecular weight excluding hydrogens is 460 g/mol. The van der Waals surface area contributed by atoms with Crippen molar-refractivity contribution in [1.82, 2.24) is 9.71 Å². The topological polar surface area (TPSA) is 99.2 Å². The zero-order chi connectivity index (χ0) is 23.7. The highest BCUT2D eigenvalue weighted by molar-refractivity contribution is 7.89. The van der Waals surface area contributed by atoms with Crippen LogP contribution < -0.4 is 9.83 Å². The Balaban J connectivity index is 1.65. The van der Waals surface area contributed by atoms with E-state index in [4.69, 9.17) is 11.6 Å². The summed E-state index contributed by atoms with van der Waals surface area (Å²) in [4.78, 5) is 15.0. The number of benzene rings is 2. The second-order valence-electron chi connectivity index (χ2n) is 7.42. The fourth-order valence-corrected chi connectivity index (χ4v) is 4.45. The fraction of sp³-hybridized carbons (Fsp3) is 0.200. The molecule has 0 saturated carbocycles. The molecule has 1 aromatic heterocycles. The molecule has 0 aliphatic heterocycles. The molecule has 1 heterocycles. The van der Waals surface area contributed by atoms with Crippen LogP contribution in [-0.4, -0.2) is 25.9 Å². The summed E-state index contributed by atoms with van der Waals surface area (Å²) >= 11 is 5.82. The van der Waals surface area contributed by atoms with Gasteiger partial charge in [-0.2, -0.15) is 0 Å². The Kier molecular flexibility index (Phi) is 8.77. The number of unbranched alkanes of at least 4 members (excludes halogenated alkanes) is 1. The molecule has 172 valence electrons. The molecule has 8 heteroatoms. The fourth-order valence-electron chi connectivity index (χ4n) is 3.30. The SMILES string of the molecule is O=C([O-])CCC/C=C(\c1ccc(CCNS(=O)(=O)c2ccc(Cl)cc2)cc1)c1cccnc1. The zero-order valence-electron chi connectivity index (χ0n) is 17.9. The first-order valence-electron chi connectivity index (χ1n) is 10.5. The van der Waals surface area contributed by atoms with Gasteiger partial charge in [-0.1, -0.05) is 48.0 Å². The van der Waals surface area contributed by atoms with Crippen LogP contribution in [0.15, 0.2) is 84.0 Å². The van der Waals surface area contributed by atoms with E-state index in [1.807, 2.05) is 42.5 Å². The maximum atomic E-state index is 12.4. The molecule has 0 aliphatic rings. The molecule has 1 N–H and O–H groups in total. The number of pyridine rings is 1. The summed E-state index contributed by atoms with van der Waals surface area (Å²) in [5, 5.41) is 11.2. The number of nitrogens with zero attached hydrogens (tertiary/aromatic N) is 1. The van der Waals surface area contributed by atoms with Crippen LogP contribution in [0.25, 0.3) is 5.57 Å². The van der Waals surface area contributed by atoms with Crippen molar-refractivity contribution in [1.29, 1.82) is 0 Å². The lowest BCUT2D eigenvalue weighted by Crippen LogP contribution is -2.25. The third kappa shape index (κ3) is 7.53. The number of carbonyl (C=O) groups excluding carboxylic acids is 1. The molecule has 3 rings (SSSR count). The van der Waals surface area contributed by atoms with Crippen LogP contribution in [0, 0.1) is 0 Å². The Labute approximate surface area is 199 Å². The van der Waals surface area contributed by atoms with E-state index in [-0.39, 0.29) is 17.9 Å². The van der Waals surface area contributed by atoms with Crippen LogP contribution in [0.5, 0.6) is 0 Å². The molecule has 0 spiro atoms. The predicted molar refractivity (Wildman–Crippen MR) is 127 cm³/mol. The van der Waals surface area contributed by atoms with Crippen molar-refractivity contribution >= 4 is 33.2 Å². The van der Waals surface area contributed by atoms with Gasteiger partial charge in [-0.15, -0.1) is 0 Å². The summed E-state index contributed by atoms with van der Waals surface area (Å²) in [6.45, 7) is 0.263. The van der Waals surface area contributed by atoms with E-state index in [0.29, 0.717) is 24.3 Å². The Bertz CT molecular complexity index is 1190. The largest absolute Gasteiger partial charge is 0.550 e. The zero-order valence-corrected chi connectivity index (χ0v) is 19.5. The maximum Gasteiger partial charge on any atom is 0.240 e. The van der Waals surface area contributed by atoms with E-state index in [1.165, 1.54) is 12.1 Å². The van der Waals surface area contributed by atoms with Crippen LogP contribution in [-0.2, 0) is 21.2 Å². The number of halogens is 1. The van der Waals surface area contributed by atoms with Gasteiger partial charge in [0.1, 0.15) is 0 Å². The van der Waals surface area contributed by atoms with E-state index >= 15 is 0 Å². The van der Waals surface area contributed by atoms with Gasteiger partial charge < -0.3 is 9.90 Å². The highest BCUT2D eigenvalue weighted by atomic mass is 35.5. The smallest absolute Gasteiger partial charge is 0.240 e. The van der Waals surface area contributed by atoms with Gasteiger partial charge in [0.2, 0.25) is 10.0 Å². The first kappa shape index (κ1) is 24.6. The molecule has 0 saturated heterocycles. The van der Waals surface area contributed by atoms with Crippen molar-refractivity contribution < 1.29 is 18.3 Å².